The first kappa shape index (κ1) is 15.0. The number of carbonyl (C=O) groups excluding carboxylic acids is 2. The van der Waals surface area contributed by atoms with Crippen molar-refractivity contribution < 1.29 is 14.3 Å². The molecule has 1 N–H and O–H groups in total. The first-order valence-electron chi connectivity index (χ1n) is 6.52. The van der Waals surface area contributed by atoms with Crippen LogP contribution in [0.5, 0.6) is 0 Å². The van der Waals surface area contributed by atoms with Gasteiger partial charge in [0.25, 0.3) is 5.91 Å². The average Bonchev–Trinajstić information content (AvgIpc) is 2.84. The maximum absolute atomic E-state index is 12.2. The highest BCUT2D eigenvalue weighted by Gasteiger charge is 2.25. The highest BCUT2D eigenvalue weighted by atomic mass is 16.5. The van der Waals surface area contributed by atoms with Gasteiger partial charge in [-0.2, -0.15) is 0 Å². The lowest BCUT2D eigenvalue weighted by atomic mass is 9.92. The van der Waals surface area contributed by atoms with Gasteiger partial charge in [-0.15, -0.1) is 0 Å². The second-order valence-corrected chi connectivity index (χ2v) is 5.62. The molecular formula is C14H18N4O3. The molecule has 0 atom stereocenters. The Morgan fingerprint density at radius 2 is 2.10 bits per heavy atom. The summed E-state index contributed by atoms with van der Waals surface area (Å²) in [6.07, 6.45) is 4.92. The molecule has 2 aromatic heterocycles. The number of nitrogens with zero attached hydrogens (tertiary/aromatic N) is 3. The van der Waals surface area contributed by atoms with E-state index in [4.69, 9.17) is 0 Å². The Labute approximate surface area is 122 Å². The third kappa shape index (κ3) is 3.01. The van der Waals surface area contributed by atoms with Gasteiger partial charge in [-0.25, -0.2) is 4.98 Å². The molecule has 0 unspecified atom stereocenters. The lowest BCUT2D eigenvalue weighted by Crippen LogP contribution is -2.31. The fourth-order valence-corrected chi connectivity index (χ4v) is 1.95. The molecule has 0 aromatic carbocycles. The number of nitrogens with one attached hydrogen (secondary N) is 1. The van der Waals surface area contributed by atoms with Crippen LogP contribution < -0.4 is 5.32 Å². The summed E-state index contributed by atoms with van der Waals surface area (Å²) in [5, 5.41) is 2.49. The molecular weight excluding hydrogens is 272 g/mol. The zero-order valence-corrected chi connectivity index (χ0v) is 12.5. The minimum atomic E-state index is -0.512. The molecule has 21 heavy (non-hydrogen) atoms. The Kier molecular flexibility index (Phi) is 3.93. The van der Waals surface area contributed by atoms with Gasteiger partial charge in [-0.1, -0.05) is 20.8 Å². The van der Waals surface area contributed by atoms with Gasteiger partial charge < -0.3 is 10.1 Å². The lowest BCUT2D eigenvalue weighted by molar-refractivity contribution is -0.139. The first-order valence-corrected chi connectivity index (χ1v) is 6.52. The largest absolute Gasteiger partial charge is 0.468 e. The van der Waals surface area contributed by atoms with E-state index in [1.165, 1.54) is 7.11 Å². The number of fused-ring (bicyclic) bond motifs is 1. The third-order valence-corrected chi connectivity index (χ3v) is 2.98. The van der Waals surface area contributed by atoms with Crippen LogP contribution in [0.15, 0.2) is 18.6 Å². The molecule has 2 heterocycles. The van der Waals surface area contributed by atoms with Crippen LogP contribution in [-0.4, -0.2) is 39.9 Å². The lowest BCUT2D eigenvalue weighted by Gasteiger charge is -2.15. The average molecular weight is 290 g/mol. The quantitative estimate of drug-likeness (QED) is 0.850. The molecule has 0 aliphatic carbocycles. The van der Waals surface area contributed by atoms with Gasteiger partial charge in [-0.05, 0) is 0 Å². The molecule has 7 heteroatoms. The number of rotatable bonds is 3. The van der Waals surface area contributed by atoms with E-state index >= 15 is 0 Å². The highest BCUT2D eigenvalue weighted by Crippen LogP contribution is 2.26. The Bertz CT molecular complexity index is 685. The van der Waals surface area contributed by atoms with Crippen molar-refractivity contribution >= 4 is 17.4 Å². The van der Waals surface area contributed by atoms with Gasteiger partial charge >= 0.3 is 5.97 Å². The normalized spacial score (nSPS) is 11.4. The molecule has 0 fully saturated rings. The number of hydrogen-bond acceptors (Lipinski definition) is 5. The zero-order chi connectivity index (χ0) is 15.6. The third-order valence-electron chi connectivity index (χ3n) is 2.98. The Morgan fingerprint density at radius 1 is 1.38 bits per heavy atom. The van der Waals surface area contributed by atoms with E-state index in [-0.39, 0.29) is 17.8 Å². The molecule has 7 nitrogen and oxygen atoms in total. The van der Waals surface area contributed by atoms with Crippen molar-refractivity contribution in [2.45, 2.75) is 26.2 Å². The van der Waals surface area contributed by atoms with Crippen molar-refractivity contribution in [3.63, 3.8) is 0 Å². The van der Waals surface area contributed by atoms with Crippen LogP contribution in [0.25, 0.3) is 5.52 Å². The van der Waals surface area contributed by atoms with Gasteiger partial charge in [-0.3, -0.25) is 19.0 Å². The van der Waals surface area contributed by atoms with Crippen LogP contribution in [-0.2, 0) is 14.9 Å². The highest BCUT2D eigenvalue weighted by molar-refractivity contribution is 5.94. The number of esters is 1. The number of aromatic nitrogens is 3. The van der Waals surface area contributed by atoms with Gasteiger partial charge in [0.2, 0.25) is 5.82 Å². The van der Waals surface area contributed by atoms with Crippen LogP contribution in [0.4, 0.5) is 0 Å². The fraction of sp³-hybridized carbons (Fsp3) is 0.429. The standard InChI is InChI=1S/C14H18N4O3/c1-14(2,3)11-9-7-15-5-6-18(9)12(17-11)13(20)16-8-10(19)21-4/h5-7H,8H2,1-4H3,(H,16,20). The topological polar surface area (TPSA) is 85.6 Å². The van der Waals surface area contributed by atoms with Crippen molar-refractivity contribution in [1.29, 1.82) is 0 Å². The van der Waals surface area contributed by atoms with E-state index in [2.05, 4.69) is 20.0 Å². The van der Waals surface area contributed by atoms with E-state index < -0.39 is 11.9 Å². The number of amides is 1. The van der Waals surface area contributed by atoms with Gasteiger partial charge in [0.15, 0.2) is 0 Å². The van der Waals surface area contributed by atoms with E-state index in [9.17, 15) is 9.59 Å². The molecule has 2 rings (SSSR count). The molecule has 2 aromatic rings. The van der Waals surface area contributed by atoms with Crippen molar-refractivity contribution in [2.24, 2.45) is 0 Å². The number of hydrogen-bond donors (Lipinski definition) is 1. The number of imidazole rings is 1. The van der Waals surface area contributed by atoms with E-state index in [1.807, 2.05) is 20.8 Å². The van der Waals surface area contributed by atoms with Gasteiger partial charge in [0, 0.05) is 17.8 Å². The molecule has 0 saturated heterocycles. The Balaban J connectivity index is 2.40. The number of ether oxygens (including phenoxy) is 1. The molecule has 0 spiro atoms. The summed E-state index contributed by atoms with van der Waals surface area (Å²) < 4.78 is 6.16. The molecule has 1 amide bonds. The van der Waals surface area contributed by atoms with Crippen molar-refractivity contribution in [2.75, 3.05) is 13.7 Å². The second-order valence-electron chi connectivity index (χ2n) is 5.62. The Morgan fingerprint density at radius 3 is 2.71 bits per heavy atom. The van der Waals surface area contributed by atoms with Crippen molar-refractivity contribution in [1.82, 2.24) is 19.7 Å². The van der Waals surface area contributed by atoms with E-state index in [0.717, 1.165) is 11.2 Å². The van der Waals surface area contributed by atoms with Crippen LogP contribution in [0.3, 0.4) is 0 Å². The van der Waals surface area contributed by atoms with Gasteiger partial charge in [0.05, 0.1) is 24.5 Å². The zero-order valence-electron chi connectivity index (χ0n) is 12.5. The van der Waals surface area contributed by atoms with Crippen molar-refractivity contribution in [3.8, 4) is 0 Å². The fourth-order valence-electron chi connectivity index (χ4n) is 1.95. The van der Waals surface area contributed by atoms with Crippen LogP contribution in [0.1, 0.15) is 37.1 Å². The summed E-state index contributed by atoms with van der Waals surface area (Å²) in [5.74, 6) is -0.722. The molecule has 0 bridgehead atoms. The maximum atomic E-state index is 12.2. The summed E-state index contributed by atoms with van der Waals surface area (Å²) >= 11 is 0. The minimum Gasteiger partial charge on any atom is -0.468 e. The number of carbonyl (C=O) groups is 2. The molecule has 0 aliphatic heterocycles. The molecule has 0 saturated carbocycles. The molecule has 112 valence electrons. The monoisotopic (exact) mass is 290 g/mol. The predicted octanol–water partition coefficient (Wildman–Crippen LogP) is 0.930. The summed E-state index contributed by atoms with van der Waals surface area (Å²) in [6, 6.07) is 0. The van der Waals surface area contributed by atoms with Crippen LogP contribution in [0, 0.1) is 0 Å². The Hall–Kier alpha value is -2.44. The smallest absolute Gasteiger partial charge is 0.325 e. The summed E-state index contributed by atoms with van der Waals surface area (Å²) in [7, 11) is 1.27. The van der Waals surface area contributed by atoms with Crippen LogP contribution >= 0.6 is 0 Å². The van der Waals surface area contributed by atoms with Gasteiger partial charge in [0.1, 0.15) is 6.54 Å². The van der Waals surface area contributed by atoms with E-state index in [1.54, 1.807) is 23.0 Å². The summed E-state index contributed by atoms with van der Waals surface area (Å²) in [6.45, 7) is 5.84. The number of methoxy groups -OCH3 is 1. The maximum Gasteiger partial charge on any atom is 0.325 e. The minimum absolute atomic E-state index is 0.194. The molecule has 0 aliphatic rings. The first-order chi connectivity index (χ1) is 9.84. The van der Waals surface area contributed by atoms with E-state index in [0.29, 0.717) is 0 Å². The summed E-state index contributed by atoms with van der Waals surface area (Å²) in [4.78, 5) is 31.8. The molecule has 0 radical (unpaired) electrons. The predicted molar refractivity (Wildman–Crippen MR) is 76.0 cm³/mol. The SMILES string of the molecule is COC(=O)CNC(=O)c1nc(C(C)(C)C)c2cnccn12. The van der Waals surface area contributed by atoms with Crippen LogP contribution in [0.2, 0.25) is 0 Å². The summed E-state index contributed by atoms with van der Waals surface area (Å²) in [5.41, 5.74) is 1.32. The second kappa shape index (κ2) is 5.51. The van der Waals surface area contributed by atoms with Crippen molar-refractivity contribution in [3.05, 3.63) is 30.1 Å².